The van der Waals surface area contributed by atoms with E-state index >= 15 is 0 Å². The van der Waals surface area contributed by atoms with Gasteiger partial charge < -0.3 is 10.1 Å². The van der Waals surface area contributed by atoms with E-state index in [4.69, 9.17) is 4.74 Å². The molecule has 2 heterocycles. The molecule has 4 heteroatoms. The Labute approximate surface area is 174 Å². The van der Waals surface area contributed by atoms with Gasteiger partial charge in [0, 0.05) is 25.2 Å². The summed E-state index contributed by atoms with van der Waals surface area (Å²) in [5.74, 6) is 0.903. The molecule has 0 amide bonds. The number of nitrogens with one attached hydrogen (secondary N) is 1. The van der Waals surface area contributed by atoms with Gasteiger partial charge in [-0.15, -0.1) is 0 Å². The van der Waals surface area contributed by atoms with Crippen molar-refractivity contribution >= 4 is 0 Å². The van der Waals surface area contributed by atoms with Gasteiger partial charge in [0.15, 0.2) is 0 Å². The second-order valence-electron chi connectivity index (χ2n) is 8.72. The third kappa shape index (κ3) is 5.37. The summed E-state index contributed by atoms with van der Waals surface area (Å²) in [6.07, 6.45) is 7.19. The van der Waals surface area contributed by atoms with E-state index in [9.17, 15) is 4.39 Å². The van der Waals surface area contributed by atoms with E-state index in [2.05, 4.69) is 28.4 Å². The Bertz CT molecular complexity index is 788. The molecule has 0 unspecified atom stereocenters. The molecule has 0 radical (unpaired) electrons. The highest BCUT2D eigenvalue weighted by Gasteiger charge is 2.33. The van der Waals surface area contributed by atoms with Crippen molar-refractivity contribution in [2.75, 3.05) is 32.8 Å². The number of benzene rings is 2. The molecule has 1 N–H and O–H groups in total. The van der Waals surface area contributed by atoms with E-state index in [0.717, 1.165) is 43.9 Å². The maximum atomic E-state index is 14.4. The monoisotopic (exact) mass is 396 g/mol. The summed E-state index contributed by atoms with van der Waals surface area (Å²) in [4.78, 5) is 2.42. The summed E-state index contributed by atoms with van der Waals surface area (Å²) in [7, 11) is 0. The van der Waals surface area contributed by atoms with Crippen LogP contribution in [0.1, 0.15) is 43.2 Å². The molecule has 0 atom stereocenters. The van der Waals surface area contributed by atoms with Gasteiger partial charge in [0.2, 0.25) is 0 Å². The van der Waals surface area contributed by atoms with Crippen LogP contribution in [0.2, 0.25) is 0 Å². The van der Waals surface area contributed by atoms with Crippen LogP contribution < -0.4 is 10.1 Å². The molecular weight excluding hydrogens is 363 g/mol. The number of ether oxygens (including phenoxy) is 1. The lowest BCUT2D eigenvalue weighted by molar-refractivity contribution is 0.0822. The van der Waals surface area contributed by atoms with Crippen molar-refractivity contribution in [1.29, 1.82) is 0 Å². The molecule has 0 aliphatic carbocycles. The van der Waals surface area contributed by atoms with E-state index in [1.54, 1.807) is 12.1 Å². The molecule has 29 heavy (non-hydrogen) atoms. The zero-order valence-corrected chi connectivity index (χ0v) is 17.3. The van der Waals surface area contributed by atoms with E-state index in [1.165, 1.54) is 37.7 Å². The molecule has 1 spiro atoms. The molecule has 156 valence electrons. The molecule has 2 aliphatic rings. The molecule has 0 saturated carbocycles. The van der Waals surface area contributed by atoms with Gasteiger partial charge in [-0.1, -0.05) is 42.8 Å². The molecular formula is C25H33FN2O. The first kappa shape index (κ1) is 20.4. The van der Waals surface area contributed by atoms with Crippen LogP contribution in [0.25, 0.3) is 0 Å². The van der Waals surface area contributed by atoms with Gasteiger partial charge in [-0.05, 0) is 68.3 Å². The third-order valence-electron chi connectivity index (χ3n) is 6.62. The lowest BCUT2D eigenvalue weighted by Gasteiger charge is -2.42. The molecule has 2 aliphatic heterocycles. The summed E-state index contributed by atoms with van der Waals surface area (Å²) in [5.41, 5.74) is 2.42. The van der Waals surface area contributed by atoms with Crippen LogP contribution in [-0.4, -0.2) is 37.7 Å². The van der Waals surface area contributed by atoms with Crippen molar-refractivity contribution < 1.29 is 9.13 Å². The van der Waals surface area contributed by atoms with Gasteiger partial charge in [-0.2, -0.15) is 0 Å². The highest BCUT2D eigenvalue weighted by molar-refractivity contribution is 5.33. The second-order valence-corrected chi connectivity index (χ2v) is 8.72. The van der Waals surface area contributed by atoms with Crippen molar-refractivity contribution in [2.24, 2.45) is 5.41 Å². The van der Waals surface area contributed by atoms with Crippen LogP contribution in [0.3, 0.4) is 0 Å². The molecule has 0 bridgehead atoms. The highest BCUT2D eigenvalue weighted by Crippen LogP contribution is 2.36. The summed E-state index contributed by atoms with van der Waals surface area (Å²) < 4.78 is 20.5. The maximum absolute atomic E-state index is 14.4. The minimum absolute atomic E-state index is 0.107. The number of para-hydroxylation sites is 1. The summed E-state index contributed by atoms with van der Waals surface area (Å²) in [6, 6.07) is 15.6. The Morgan fingerprint density at radius 3 is 2.62 bits per heavy atom. The Balaban J connectivity index is 1.55. The first-order valence-corrected chi connectivity index (χ1v) is 11.1. The van der Waals surface area contributed by atoms with Crippen molar-refractivity contribution in [3.8, 4) is 5.75 Å². The summed E-state index contributed by atoms with van der Waals surface area (Å²) >= 11 is 0. The fraction of sp³-hybridized carbons (Fsp3) is 0.520. The fourth-order valence-electron chi connectivity index (χ4n) is 4.95. The number of aryl methyl sites for hydroxylation is 1. The number of piperidine rings is 1. The first-order chi connectivity index (χ1) is 14.2. The largest absolute Gasteiger partial charge is 0.492 e. The molecule has 0 aromatic heterocycles. The van der Waals surface area contributed by atoms with Crippen molar-refractivity contribution in [3.05, 3.63) is 65.5 Å². The number of hydrogen-bond acceptors (Lipinski definition) is 3. The van der Waals surface area contributed by atoms with Crippen LogP contribution in [-0.2, 0) is 13.0 Å². The number of halogens is 1. The van der Waals surface area contributed by atoms with Gasteiger partial charge >= 0.3 is 0 Å². The number of hydrogen-bond donors (Lipinski definition) is 1. The Hall–Kier alpha value is -1.91. The van der Waals surface area contributed by atoms with Crippen LogP contribution >= 0.6 is 0 Å². The number of fused-ring (bicyclic) bond motifs is 1. The van der Waals surface area contributed by atoms with Crippen LogP contribution in [0.4, 0.5) is 4.39 Å². The lowest BCUT2D eigenvalue weighted by Crippen LogP contribution is -2.45. The molecule has 3 nitrogen and oxygen atoms in total. The Morgan fingerprint density at radius 1 is 0.966 bits per heavy atom. The number of rotatable bonds is 2. The smallest absolute Gasteiger partial charge is 0.127 e. The predicted molar refractivity (Wildman–Crippen MR) is 116 cm³/mol. The normalized spacial score (nSPS) is 20.9. The second kappa shape index (κ2) is 9.73. The van der Waals surface area contributed by atoms with Gasteiger partial charge in [-0.3, -0.25) is 4.90 Å². The standard InChI is InChI=1S/C25H33FN2O/c26-23-10-3-1-9-22(23)19-28-17-18-29-24-11-4-2-7-21(24)8-5-6-12-25(20-28)13-15-27-16-14-25/h1-4,7,9-11,27H,5-6,8,12-20H2. The Morgan fingerprint density at radius 2 is 1.76 bits per heavy atom. The lowest BCUT2D eigenvalue weighted by atomic mass is 9.74. The molecule has 1 fully saturated rings. The number of nitrogens with zero attached hydrogens (tertiary/aromatic N) is 1. The maximum Gasteiger partial charge on any atom is 0.127 e. The van der Waals surface area contributed by atoms with Crippen LogP contribution in [0, 0.1) is 11.2 Å². The zero-order chi connectivity index (χ0) is 19.9. The van der Waals surface area contributed by atoms with E-state index < -0.39 is 0 Å². The van der Waals surface area contributed by atoms with Gasteiger partial charge in [-0.25, -0.2) is 4.39 Å². The molecule has 1 saturated heterocycles. The average Bonchev–Trinajstić information content (AvgIpc) is 2.74. The molecule has 4 rings (SSSR count). The summed E-state index contributed by atoms with van der Waals surface area (Å²) in [6.45, 7) is 5.30. The SMILES string of the molecule is Fc1ccccc1CN1CCOc2ccccc2CCCCC2(CCNCC2)C1. The third-order valence-corrected chi connectivity index (χ3v) is 6.62. The average molecular weight is 397 g/mol. The van der Waals surface area contributed by atoms with Crippen LogP contribution in [0.15, 0.2) is 48.5 Å². The minimum Gasteiger partial charge on any atom is -0.492 e. The van der Waals surface area contributed by atoms with E-state index in [0.29, 0.717) is 18.6 Å². The zero-order valence-electron chi connectivity index (χ0n) is 17.3. The van der Waals surface area contributed by atoms with Gasteiger partial charge in [0.1, 0.15) is 18.2 Å². The fourth-order valence-corrected chi connectivity index (χ4v) is 4.95. The molecule has 2 aromatic rings. The van der Waals surface area contributed by atoms with E-state index in [-0.39, 0.29) is 5.82 Å². The van der Waals surface area contributed by atoms with E-state index in [1.807, 2.05) is 18.2 Å². The quantitative estimate of drug-likeness (QED) is 0.789. The minimum atomic E-state index is -0.107. The topological polar surface area (TPSA) is 24.5 Å². The molecule has 2 aromatic carbocycles. The predicted octanol–water partition coefficient (Wildman–Crippen LogP) is 4.80. The van der Waals surface area contributed by atoms with Crippen molar-refractivity contribution in [1.82, 2.24) is 10.2 Å². The Kier molecular flexibility index (Phi) is 6.83. The highest BCUT2D eigenvalue weighted by atomic mass is 19.1. The van der Waals surface area contributed by atoms with Gasteiger partial charge in [0.25, 0.3) is 0 Å². The first-order valence-electron chi connectivity index (χ1n) is 11.1. The van der Waals surface area contributed by atoms with Crippen LogP contribution in [0.5, 0.6) is 5.75 Å². The van der Waals surface area contributed by atoms with Crippen molar-refractivity contribution in [2.45, 2.75) is 45.1 Å². The van der Waals surface area contributed by atoms with Crippen molar-refractivity contribution in [3.63, 3.8) is 0 Å². The summed E-state index contributed by atoms with van der Waals surface area (Å²) in [5, 5.41) is 3.53. The van der Waals surface area contributed by atoms with Gasteiger partial charge in [0.05, 0.1) is 0 Å².